The van der Waals surface area contributed by atoms with Gasteiger partial charge in [0, 0.05) is 23.6 Å². The van der Waals surface area contributed by atoms with Crippen LogP contribution in [-0.4, -0.2) is 18.5 Å². The number of carbonyl (C=O) groups excluding carboxylic acids is 2. The van der Waals surface area contributed by atoms with E-state index in [0.29, 0.717) is 29.2 Å². The quantitative estimate of drug-likeness (QED) is 0.879. The molecule has 0 aliphatic rings. The zero-order chi connectivity index (χ0) is 15.9. The third-order valence-electron chi connectivity index (χ3n) is 2.99. The van der Waals surface area contributed by atoms with Gasteiger partial charge in [0.05, 0.1) is 6.61 Å². The Morgan fingerprint density at radius 2 is 1.68 bits per heavy atom. The van der Waals surface area contributed by atoms with E-state index < -0.39 is 5.97 Å². The molecule has 0 aliphatic carbocycles. The molecule has 114 valence electrons. The van der Waals surface area contributed by atoms with Gasteiger partial charge in [0.15, 0.2) is 0 Å². The number of hydrogen-bond donors (Lipinski definition) is 1. The summed E-state index contributed by atoms with van der Waals surface area (Å²) < 4.78 is 5.32. The van der Waals surface area contributed by atoms with E-state index in [4.69, 9.17) is 4.74 Å². The average molecular weight is 298 g/mol. The third-order valence-corrected chi connectivity index (χ3v) is 2.99. The molecule has 0 saturated heterocycles. The van der Waals surface area contributed by atoms with Crippen molar-refractivity contribution in [1.29, 1.82) is 0 Å². The fraction of sp³-hybridized carbons (Fsp3) is 0.176. The predicted octanol–water partition coefficient (Wildman–Crippen LogP) is 1.63. The zero-order valence-corrected chi connectivity index (χ0v) is 12.2. The largest absolute Gasteiger partial charge is 0.550 e. The second-order valence-corrected chi connectivity index (χ2v) is 4.66. The summed E-state index contributed by atoms with van der Waals surface area (Å²) in [5.74, 6) is -0.660. The van der Waals surface area contributed by atoms with Crippen LogP contribution in [0, 0.1) is 0 Å². The molecule has 0 bridgehead atoms. The SMILES string of the molecule is CCOc1ccc(C(=O)Nc2ccc(CC(=O)[O-])cc2)cc1. The Morgan fingerprint density at radius 1 is 1.05 bits per heavy atom. The van der Waals surface area contributed by atoms with Gasteiger partial charge < -0.3 is 20.0 Å². The number of rotatable bonds is 6. The molecular weight excluding hydrogens is 282 g/mol. The first-order chi connectivity index (χ1) is 10.6. The summed E-state index contributed by atoms with van der Waals surface area (Å²) in [6.45, 7) is 2.47. The lowest BCUT2D eigenvalue weighted by Crippen LogP contribution is -2.24. The second-order valence-electron chi connectivity index (χ2n) is 4.66. The van der Waals surface area contributed by atoms with Crippen LogP contribution in [0.3, 0.4) is 0 Å². The normalized spacial score (nSPS) is 10.0. The number of carbonyl (C=O) groups is 2. The molecule has 22 heavy (non-hydrogen) atoms. The molecule has 0 saturated carbocycles. The Morgan fingerprint density at radius 3 is 2.23 bits per heavy atom. The summed E-state index contributed by atoms with van der Waals surface area (Å²) >= 11 is 0. The topological polar surface area (TPSA) is 78.5 Å². The maximum absolute atomic E-state index is 12.1. The fourth-order valence-electron chi connectivity index (χ4n) is 1.95. The summed E-state index contributed by atoms with van der Waals surface area (Å²) in [7, 11) is 0. The van der Waals surface area contributed by atoms with Crippen LogP contribution in [-0.2, 0) is 11.2 Å². The molecule has 0 spiro atoms. The van der Waals surface area contributed by atoms with E-state index in [1.165, 1.54) is 0 Å². The van der Waals surface area contributed by atoms with Crippen molar-refractivity contribution >= 4 is 17.6 Å². The summed E-state index contributed by atoms with van der Waals surface area (Å²) in [5.41, 5.74) is 1.74. The van der Waals surface area contributed by atoms with Crippen molar-refractivity contribution in [2.24, 2.45) is 0 Å². The van der Waals surface area contributed by atoms with Gasteiger partial charge in [-0.15, -0.1) is 0 Å². The predicted molar refractivity (Wildman–Crippen MR) is 80.7 cm³/mol. The van der Waals surface area contributed by atoms with Crippen molar-refractivity contribution in [1.82, 2.24) is 0 Å². The standard InChI is InChI=1S/C17H17NO4/c1-2-22-15-9-5-13(6-10-15)17(21)18-14-7-3-12(4-8-14)11-16(19)20/h3-10H,2,11H2,1H3,(H,18,21)(H,19,20)/p-1. The van der Waals surface area contributed by atoms with Crippen molar-refractivity contribution in [3.8, 4) is 5.75 Å². The monoisotopic (exact) mass is 298 g/mol. The van der Waals surface area contributed by atoms with Crippen molar-refractivity contribution < 1.29 is 19.4 Å². The molecule has 0 fully saturated rings. The number of aliphatic carboxylic acids is 1. The van der Waals surface area contributed by atoms with Crippen LogP contribution in [0.2, 0.25) is 0 Å². The van der Waals surface area contributed by atoms with Gasteiger partial charge in [-0.1, -0.05) is 12.1 Å². The molecule has 0 aliphatic heterocycles. The summed E-state index contributed by atoms with van der Waals surface area (Å²) in [4.78, 5) is 22.6. The van der Waals surface area contributed by atoms with Crippen LogP contribution in [0.25, 0.3) is 0 Å². The van der Waals surface area contributed by atoms with E-state index in [-0.39, 0.29) is 12.3 Å². The van der Waals surface area contributed by atoms with Crippen molar-refractivity contribution in [3.63, 3.8) is 0 Å². The van der Waals surface area contributed by atoms with Crippen LogP contribution in [0.15, 0.2) is 48.5 Å². The van der Waals surface area contributed by atoms with Crippen LogP contribution in [0.1, 0.15) is 22.8 Å². The zero-order valence-electron chi connectivity index (χ0n) is 12.2. The van der Waals surface area contributed by atoms with Gasteiger partial charge >= 0.3 is 0 Å². The third kappa shape index (κ3) is 4.34. The van der Waals surface area contributed by atoms with E-state index in [9.17, 15) is 14.7 Å². The minimum absolute atomic E-state index is 0.146. The summed E-state index contributed by atoms with van der Waals surface area (Å²) in [6.07, 6.45) is -0.146. The molecule has 2 aromatic carbocycles. The summed E-state index contributed by atoms with van der Waals surface area (Å²) in [5, 5.41) is 13.2. The number of carboxylic acid groups (broad SMARTS) is 1. The number of benzene rings is 2. The van der Waals surface area contributed by atoms with E-state index in [1.54, 1.807) is 48.5 Å². The van der Waals surface area contributed by atoms with Gasteiger partial charge in [-0.05, 0) is 48.9 Å². The second kappa shape index (κ2) is 7.26. The molecule has 5 nitrogen and oxygen atoms in total. The van der Waals surface area contributed by atoms with E-state index in [0.717, 1.165) is 0 Å². The highest BCUT2D eigenvalue weighted by Gasteiger charge is 2.06. The number of carboxylic acids is 1. The maximum Gasteiger partial charge on any atom is 0.255 e. The Balaban J connectivity index is 2.00. The van der Waals surface area contributed by atoms with Gasteiger partial charge in [-0.25, -0.2) is 0 Å². The van der Waals surface area contributed by atoms with Crippen molar-refractivity contribution in [2.45, 2.75) is 13.3 Å². The lowest BCUT2D eigenvalue weighted by Gasteiger charge is -2.08. The Labute approximate surface area is 128 Å². The molecule has 1 amide bonds. The van der Waals surface area contributed by atoms with Gasteiger partial charge in [0.25, 0.3) is 5.91 Å². The van der Waals surface area contributed by atoms with Crippen LogP contribution in [0.5, 0.6) is 5.75 Å². The lowest BCUT2D eigenvalue weighted by molar-refractivity contribution is -0.304. The highest BCUT2D eigenvalue weighted by Crippen LogP contribution is 2.15. The summed E-state index contributed by atoms with van der Waals surface area (Å²) in [6, 6.07) is 13.4. The van der Waals surface area contributed by atoms with Crippen molar-refractivity contribution in [2.75, 3.05) is 11.9 Å². The Hall–Kier alpha value is -2.82. The number of nitrogens with one attached hydrogen (secondary N) is 1. The molecular formula is C17H16NO4-. The highest BCUT2D eigenvalue weighted by atomic mass is 16.5. The van der Waals surface area contributed by atoms with Crippen molar-refractivity contribution in [3.05, 3.63) is 59.7 Å². The van der Waals surface area contributed by atoms with Gasteiger partial charge in [-0.2, -0.15) is 0 Å². The van der Waals surface area contributed by atoms with Gasteiger partial charge in [0.1, 0.15) is 5.75 Å². The number of ether oxygens (including phenoxy) is 1. The first kappa shape index (κ1) is 15.6. The number of amides is 1. The van der Waals surface area contributed by atoms with E-state index >= 15 is 0 Å². The Kier molecular flexibility index (Phi) is 5.14. The molecule has 2 rings (SSSR count). The molecule has 0 radical (unpaired) electrons. The first-order valence-electron chi connectivity index (χ1n) is 6.91. The molecule has 0 unspecified atom stereocenters. The fourth-order valence-corrected chi connectivity index (χ4v) is 1.95. The smallest absolute Gasteiger partial charge is 0.255 e. The van der Waals surface area contributed by atoms with E-state index in [1.807, 2.05) is 6.92 Å². The molecule has 1 N–H and O–H groups in total. The Bertz CT molecular complexity index is 647. The minimum Gasteiger partial charge on any atom is -0.550 e. The van der Waals surface area contributed by atoms with Gasteiger partial charge in [-0.3, -0.25) is 4.79 Å². The minimum atomic E-state index is -1.13. The number of hydrogen-bond acceptors (Lipinski definition) is 4. The molecule has 5 heteroatoms. The maximum atomic E-state index is 12.1. The van der Waals surface area contributed by atoms with Crippen LogP contribution in [0.4, 0.5) is 5.69 Å². The molecule has 0 atom stereocenters. The molecule has 0 aromatic heterocycles. The molecule has 2 aromatic rings. The average Bonchev–Trinajstić information content (AvgIpc) is 2.50. The van der Waals surface area contributed by atoms with Crippen LogP contribution < -0.4 is 15.2 Å². The molecule has 0 heterocycles. The highest BCUT2D eigenvalue weighted by molar-refractivity contribution is 6.04. The lowest BCUT2D eigenvalue weighted by atomic mass is 10.1. The van der Waals surface area contributed by atoms with E-state index in [2.05, 4.69) is 5.32 Å². The van der Waals surface area contributed by atoms with Crippen LogP contribution >= 0.6 is 0 Å². The number of anilines is 1. The first-order valence-corrected chi connectivity index (χ1v) is 6.91. The van der Waals surface area contributed by atoms with Gasteiger partial charge in [0.2, 0.25) is 0 Å².